The van der Waals surface area contributed by atoms with Crippen LogP contribution < -0.4 is 0 Å². The number of hydrogen-bond acceptors (Lipinski definition) is 3. The number of pyridine rings is 1. The summed E-state index contributed by atoms with van der Waals surface area (Å²) in [6.45, 7) is 2.36. The van der Waals surface area contributed by atoms with Crippen LogP contribution in [0.3, 0.4) is 0 Å². The van der Waals surface area contributed by atoms with Gasteiger partial charge in [0.1, 0.15) is 0 Å². The van der Waals surface area contributed by atoms with Crippen LogP contribution in [0.2, 0.25) is 5.02 Å². The highest BCUT2D eigenvalue weighted by molar-refractivity contribution is 6.30. The summed E-state index contributed by atoms with van der Waals surface area (Å²) in [5.41, 5.74) is 4.77. The third kappa shape index (κ3) is 3.74. The smallest absolute Gasteiger partial charge is 0.254 e. The van der Waals surface area contributed by atoms with Gasteiger partial charge >= 0.3 is 0 Å². The number of fused-ring (bicyclic) bond motifs is 1. The Kier molecular flexibility index (Phi) is 5.07. The van der Waals surface area contributed by atoms with Gasteiger partial charge < -0.3 is 4.90 Å². The lowest BCUT2D eigenvalue weighted by molar-refractivity contribution is 0.0787. The van der Waals surface area contributed by atoms with Crippen LogP contribution in [0.25, 0.3) is 22.3 Å². The zero-order chi connectivity index (χ0) is 20.5. The number of aromatic nitrogens is 3. The second-order valence-electron chi connectivity index (χ2n) is 7.12. The molecule has 5 nitrogen and oxygen atoms in total. The average Bonchev–Trinajstić information content (AvgIpc) is 3.01. The van der Waals surface area contributed by atoms with Gasteiger partial charge in [-0.2, -0.15) is 5.10 Å². The van der Waals surface area contributed by atoms with Crippen molar-refractivity contribution in [3.63, 3.8) is 0 Å². The first-order chi connectivity index (χ1) is 13.9. The van der Waals surface area contributed by atoms with E-state index >= 15 is 0 Å². The molecule has 146 valence electrons. The van der Waals surface area contributed by atoms with E-state index in [0.717, 1.165) is 27.9 Å². The Morgan fingerprint density at radius 1 is 1.10 bits per heavy atom. The Hall–Kier alpha value is -3.18. The molecule has 2 aromatic carbocycles. The molecule has 0 unspecified atom stereocenters. The number of hydrogen-bond donors (Lipinski definition) is 0. The minimum absolute atomic E-state index is 0.0781. The van der Waals surface area contributed by atoms with Crippen LogP contribution in [0.4, 0.5) is 0 Å². The Balaban J connectivity index is 1.80. The van der Waals surface area contributed by atoms with Crippen molar-refractivity contribution < 1.29 is 4.79 Å². The van der Waals surface area contributed by atoms with Gasteiger partial charge in [0.25, 0.3) is 5.91 Å². The second-order valence-corrected chi connectivity index (χ2v) is 7.56. The number of halogens is 1. The van der Waals surface area contributed by atoms with Crippen molar-refractivity contribution in [3.8, 4) is 11.3 Å². The second kappa shape index (κ2) is 7.68. The van der Waals surface area contributed by atoms with Crippen LogP contribution >= 0.6 is 11.6 Å². The third-order valence-corrected chi connectivity index (χ3v) is 5.16. The molecular formula is C23H21ClN4O. The van der Waals surface area contributed by atoms with Gasteiger partial charge in [-0.05, 0) is 30.7 Å². The molecule has 0 saturated carbocycles. The van der Waals surface area contributed by atoms with Gasteiger partial charge in [0, 0.05) is 31.2 Å². The summed E-state index contributed by atoms with van der Waals surface area (Å²) >= 11 is 6.09. The first-order valence-electron chi connectivity index (χ1n) is 9.33. The van der Waals surface area contributed by atoms with Crippen molar-refractivity contribution in [2.75, 3.05) is 7.05 Å². The molecule has 0 bridgehead atoms. The SMILES string of the molecule is Cc1nn(C)c2nc(-c3ccccc3)cc(C(=O)N(C)Cc3cccc(Cl)c3)c12. The molecule has 29 heavy (non-hydrogen) atoms. The Morgan fingerprint density at radius 2 is 1.86 bits per heavy atom. The maximum absolute atomic E-state index is 13.4. The van der Waals surface area contributed by atoms with Crippen molar-refractivity contribution in [1.29, 1.82) is 0 Å². The number of carbonyl (C=O) groups excluding carboxylic acids is 1. The first kappa shape index (κ1) is 19.2. The molecule has 1 amide bonds. The fourth-order valence-electron chi connectivity index (χ4n) is 3.56. The molecule has 0 fully saturated rings. The lowest BCUT2D eigenvalue weighted by atomic mass is 10.0. The van der Waals surface area contributed by atoms with Crippen LogP contribution in [-0.4, -0.2) is 32.6 Å². The van der Waals surface area contributed by atoms with Gasteiger partial charge in [0.15, 0.2) is 5.65 Å². The first-order valence-corrected chi connectivity index (χ1v) is 9.71. The minimum atomic E-state index is -0.0781. The van der Waals surface area contributed by atoms with Gasteiger partial charge in [-0.3, -0.25) is 9.48 Å². The monoisotopic (exact) mass is 404 g/mol. The maximum atomic E-state index is 13.4. The highest BCUT2D eigenvalue weighted by atomic mass is 35.5. The molecule has 6 heteroatoms. The Labute approximate surface area is 174 Å². The van der Waals surface area contributed by atoms with Crippen LogP contribution in [0.1, 0.15) is 21.6 Å². The molecule has 0 aliphatic rings. The summed E-state index contributed by atoms with van der Waals surface area (Å²) < 4.78 is 1.73. The third-order valence-electron chi connectivity index (χ3n) is 4.92. The summed E-state index contributed by atoms with van der Waals surface area (Å²) in [7, 11) is 3.64. The molecule has 0 aliphatic heterocycles. The van der Waals surface area contributed by atoms with Gasteiger partial charge in [0.2, 0.25) is 0 Å². The highest BCUT2D eigenvalue weighted by Crippen LogP contribution is 2.28. The number of nitrogens with zero attached hydrogens (tertiary/aromatic N) is 4. The molecule has 0 aliphatic carbocycles. The van der Waals surface area contributed by atoms with Crippen molar-refractivity contribution >= 4 is 28.5 Å². The largest absolute Gasteiger partial charge is 0.337 e. The number of benzene rings is 2. The molecule has 2 aromatic heterocycles. The molecule has 0 radical (unpaired) electrons. The van der Waals surface area contributed by atoms with Crippen LogP contribution in [-0.2, 0) is 13.6 Å². The van der Waals surface area contributed by atoms with E-state index in [9.17, 15) is 4.79 Å². The van der Waals surface area contributed by atoms with Crippen molar-refractivity contribution in [1.82, 2.24) is 19.7 Å². The summed E-state index contributed by atoms with van der Waals surface area (Å²) in [4.78, 5) is 19.9. The fraction of sp³-hybridized carbons (Fsp3) is 0.174. The van der Waals surface area contributed by atoms with E-state index in [1.807, 2.05) is 74.6 Å². The van der Waals surface area contributed by atoms with Gasteiger partial charge in [-0.1, -0.05) is 54.1 Å². The zero-order valence-electron chi connectivity index (χ0n) is 16.6. The lowest BCUT2D eigenvalue weighted by Gasteiger charge is -2.19. The van der Waals surface area contributed by atoms with E-state index < -0.39 is 0 Å². The molecule has 4 rings (SSSR count). The lowest BCUT2D eigenvalue weighted by Crippen LogP contribution is -2.26. The summed E-state index contributed by atoms with van der Waals surface area (Å²) in [6, 6.07) is 19.3. The average molecular weight is 405 g/mol. The van der Waals surface area contributed by atoms with E-state index in [-0.39, 0.29) is 5.91 Å². The van der Waals surface area contributed by atoms with Crippen LogP contribution in [0.5, 0.6) is 0 Å². The van der Waals surface area contributed by atoms with Crippen molar-refractivity contribution in [2.45, 2.75) is 13.5 Å². The van der Waals surface area contributed by atoms with Gasteiger partial charge in [-0.15, -0.1) is 0 Å². The molecule has 0 saturated heterocycles. The van der Waals surface area contributed by atoms with Gasteiger partial charge in [0.05, 0.1) is 22.3 Å². The summed E-state index contributed by atoms with van der Waals surface area (Å²) in [5.74, 6) is -0.0781. The normalized spacial score (nSPS) is 11.0. The molecular weight excluding hydrogens is 384 g/mol. The number of rotatable bonds is 4. The number of amides is 1. The van der Waals surface area contributed by atoms with Crippen LogP contribution in [0.15, 0.2) is 60.7 Å². The van der Waals surface area contributed by atoms with Gasteiger partial charge in [-0.25, -0.2) is 4.98 Å². The standard InChI is InChI=1S/C23H21ClN4O/c1-15-21-19(23(29)27(2)14-16-8-7-11-18(24)12-16)13-20(17-9-5-4-6-10-17)25-22(21)28(3)26-15/h4-13H,14H2,1-3H3. The number of carbonyl (C=O) groups is 1. The molecule has 2 heterocycles. The van der Waals surface area contributed by atoms with E-state index in [1.165, 1.54) is 0 Å². The molecule has 4 aromatic rings. The predicted octanol–water partition coefficient (Wildman–Crippen LogP) is 4.87. The quantitative estimate of drug-likeness (QED) is 0.487. The molecule has 0 spiro atoms. The zero-order valence-corrected chi connectivity index (χ0v) is 17.3. The maximum Gasteiger partial charge on any atom is 0.254 e. The number of aryl methyl sites for hydroxylation is 2. The van der Waals surface area contributed by atoms with E-state index in [2.05, 4.69) is 5.10 Å². The fourth-order valence-corrected chi connectivity index (χ4v) is 3.77. The van der Waals surface area contributed by atoms with Crippen molar-refractivity contribution in [3.05, 3.63) is 82.5 Å². The molecule has 0 N–H and O–H groups in total. The summed E-state index contributed by atoms with van der Waals surface area (Å²) in [5, 5.41) is 5.93. The predicted molar refractivity (Wildman–Crippen MR) is 116 cm³/mol. The topological polar surface area (TPSA) is 51.0 Å². The van der Waals surface area contributed by atoms with Crippen molar-refractivity contribution in [2.24, 2.45) is 7.05 Å². The molecule has 0 atom stereocenters. The minimum Gasteiger partial charge on any atom is -0.337 e. The van der Waals surface area contributed by atoms with E-state index in [1.54, 1.807) is 16.6 Å². The Morgan fingerprint density at radius 3 is 2.59 bits per heavy atom. The highest BCUT2D eigenvalue weighted by Gasteiger charge is 2.21. The van der Waals surface area contributed by atoms with Crippen LogP contribution in [0, 0.1) is 6.92 Å². The van der Waals surface area contributed by atoms with E-state index in [4.69, 9.17) is 16.6 Å². The van der Waals surface area contributed by atoms with E-state index in [0.29, 0.717) is 22.8 Å². The summed E-state index contributed by atoms with van der Waals surface area (Å²) in [6.07, 6.45) is 0. The Bertz CT molecular complexity index is 1200.